The second-order valence-corrected chi connectivity index (χ2v) is 3.87. The molecule has 1 heterocycles. The summed E-state index contributed by atoms with van der Waals surface area (Å²) in [5.41, 5.74) is 1.04. The van der Waals surface area contributed by atoms with Gasteiger partial charge in [-0.1, -0.05) is 13.0 Å². The first-order valence-electron chi connectivity index (χ1n) is 5.51. The Bertz CT molecular complexity index is 509. The summed E-state index contributed by atoms with van der Waals surface area (Å²) in [6, 6.07) is 5.01. The van der Waals surface area contributed by atoms with Crippen LogP contribution in [0, 0.1) is 12.7 Å². The van der Waals surface area contributed by atoms with Gasteiger partial charge in [0, 0.05) is 23.5 Å². The molecule has 0 unspecified atom stereocenters. The minimum atomic E-state index is -0.192. The fourth-order valence-electron chi connectivity index (χ4n) is 1.81. The Morgan fingerprint density at radius 3 is 2.88 bits per heavy atom. The fourth-order valence-corrected chi connectivity index (χ4v) is 1.81. The molecule has 1 N–H and O–H groups in total. The molecule has 0 saturated heterocycles. The number of rotatable bonds is 3. The third-order valence-corrected chi connectivity index (χ3v) is 2.62. The van der Waals surface area contributed by atoms with Crippen molar-refractivity contribution in [3.63, 3.8) is 0 Å². The maximum absolute atomic E-state index is 13.6. The quantitative estimate of drug-likeness (QED) is 0.852. The van der Waals surface area contributed by atoms with Gasteiger partial charge in [-0.15, -0.1) is 0 Å². The van der Waals surface area contributed by atoms with Crippen LogP contribution < -0.4 is 5.32 Å². The highest BCUT2D eigenvalue weighted by Gasteiger charge is 2.08. The average Bonchev–Trinajstić information content (AvgIpc) is 2.31. The third kappa shape index (κ3) is 1.85. The molecule has 0 aliphatic rings. The molecule has 2 rings (SSSR count). The van der Waals surface area contributed by atoms with Crippen LogP contribution in [0.5, 0.6) is 0 Å². The lowest BCUT2D eigenvalue weighted by atomic mass is 10.1. The molecule has 0 bridgehead atoms. The topological polar surface area (TPSA) is 24.9 Å². The summed E-state index contributed by atoms with van der Waals surface area (Å²) < 4.78 is 13.6. The summed E-state index contributed by atoms with van der Waals surface area (Å²) in [4.78, 5) is 4.27. The molecule has 0 atom stereocenters. The number of benzene rings is 1. The molecule has 16 heavy (non-hydrogen) atoms. The molecular weight excluding hydrogens is 203 g/mol. The Morgan fingerprint density at radius 1 is 1.31 bits per heavy atom. The lowest BCUT2D eigenvalue weighted by Gasteiger charge is -2.10. The molecule has 2 aromatic rings. The van der Waals surface area contributed by atoms with Crippen molar-refractivity contribution in [1.82, 2.24) is 4.98 Å². The summed E-state index contributed by atoms with van der Waals surface area (Å²) in [5.74, 6) is 0.582. The molecule has 0 radical (unpaired) electrons. The SMILES string of the molecule is CCCNc1nccc2c(F)ccc(C)c12. The van der Waals surface area contributed by atoms with Gasteiger partial charge in [0.15, 0.2) is 0 Å². The van der Waals surface area contributed by atoms with Gasteiger partial charge < -0.3 is 5.32 Å². The van der Waals surface area contributed by atoms with E-state index in [1.807, 2.05) is 6.92 Å². The highest BCUT2D eigenvalue weighted by atomic mass is 19.1. The van der Waals surface area contributed by atoms with E-state index in [0.29, 0.717) is 5.39 Å². The van der Waals surface area contributed by atoms with Crippen molar-refractivity contribution in [2.45, 2.75) is 20.3 Å². The number of pyridine rings is 1. The molecule has 1 aromatic heterocycles. The highest BCUT2D eigenvalue weighted by molar-refractivity contribution is 5.94. The molecule has 84 valence electrons. The van der Waals surface area contributed by atoms with Gasteiger partial charge in [-0.2, -0.15) is 0 Å². The van der Waals surface area contributed by atoms with E-state index in [0.717, 1.165) is 29.7 Å². The lowest BCUT2D eigenvalue weighted by molar-refractivity contribution is 0.639. The van der Waals surface area contributed by atoms with Crippen molar-refractivity contribution in [3.8, 4) is 0 Å². The van der Waals surface area contributed by atoms with E-state index < -0.39 is 0 Å². The van der Waals surface area contributed by atoms with Crippen LogP contribution in [0.4, 0.5) is 10.2 Å². The van der Waals surface area contributed by atoms with Crippen LogP contribution in [0.2, 0.25) is 0 Å². The van der Waals surface area contributed by atoms with Crippen molar-refractivity contribution in [2.75, 3.05) is 11.9 Å². The summed E-state index contributed by atoms with van der Waals surface area (Å²) in [5, 5.41) is 4.75. The zero-order valence-electron chi connectivity index (χ0n) is 9.55. The minimum absolute atomic E-state index is 0.192. The first-order valence-corrected chi connectivity index (χ1v) is 5.51. The van der Waals surface area contributed by atoms with Gasteiger partial charge in [-0.25, -0.2) is 9.37 Å². The number of hydrogen-bond acceptors (Lipinski definition) is 2. The minimum Gasteiger partial charge on any atom is -0.370 e. The zero-order chi connectivity index (χ0) is 11.5. The van der Waals surface area contributed by atoms with Crippen molar-refractivity contribution < 1.29 is 4.39 Å². The standard InChI is InChI=1S/C13H15FN2/c1-3-7-15-13-12-9(2)4-5-11(14)10(12)6-8-16-13/h4-6,8H,3,7H2,1-2H3,(H,15,16). The smallest absolute Gasteiger partial charge is 0.134 e. The van der Waals surface area contributed by atoms with E-state index in [4.69, 9.17) is 0 Å². The van der Waals surface area contributed by atoms with Gasteiger partial charge in [-0.3, -0.25) is 0 Å². The molecule has 0 fully saturated rings. The largest absolute Gasteiger partial charge is 0.370 e. The first-order chi connectivity index (χ1) is 7.74. The number of halogens is 1. The number of anilines is 1. The summed E-state index contributed by atoms with van der Waals surface area (Å²) in [7, 11) is 0. The number of aromatic nitrogens is 1. The van der Waals surface area contributed by atoms with Crippen LogP contribution in [-0.2, 0) is 0 Å². The molecular formula is C13H15FN2. The van der Waals surface area contributed by atoms with Crippen LogP contribution in [0.3, 0.4) is 0 Å². The maximum atomic E-state index is 13.6. The zero-order valence-corrected chi connectivity index (χ0v) is 9.55. The summed E-state index contributed by atoms with van der Waals surface area (Å²) >= 11 is 0. The van der Waals surface area contributed by atoms with Crippen LogP contribution >= 0.6 is 0 Å². The summed E-state index contributed by atoms with van der Waals surface area (Å²) in [6.07, 6.45) is 2.66. The van der Waals surface area contributed by atoms with E-state index in [1.54, 1.807) is 18.3 Å². The molecule has 0 aliphatic carbocycles. The molecule has 0 spiro atoms. The van der Waals surface area contributed by atoms with E-state index in [1.165, 1.54) is 6.07 Å². The third-order valence-electron chi connectivity index (χ3n) is 2.62. The average molecular weight is 218 g/mol. The monoisotopic (exact) mass is 218 g/mol. The number of nitrogens with zero attached hydrogens (tertiary/aromatic N) is 1. The number of hydrogen-bond donors (Lipinski definition) is 1. The number of nitrogens with one attached hydrogen (secondary N) is 1. The van der Waals surface area contributed by atoms with Crippen molar-refractivity contribution >= 4 is 16.6 Å². The Labute approximate surface area is 94.5 Å². The van der Waals surface area contributed by atoms with Gasteiger partial charge in [-0.05, 0) is 31.0 Å². The van der Waals surface area contributed by atoms with Gasteiger partial charge in [0.25, 0.3) is 0 Å². The maximum Gasteiger partial charge on any atom is 0.134 e. The predicted octanol–water partition coefficient (Wildman–Crippen LogP) is 3.50. The Morgan fingerprint density at radius 2 is 2.12 bits per heavy atom. The molecule has 0 amide bonds. The highest BCUT2D eigenvalue weighted by Crippen LogP contribution is 2.26. The number of aryl methyl sites for hydroxylation is 1. The molecule has 2 nitrogen and oxygen atoms in total. The predicted molar refractivity (Wildman–Crippen MR) is 65.2 cm³/mol. The molecule has 0 saturated carbocycles. The van der Waals surface area contributed by atoms with Crippen LogP contribution in [-0.4, -0.2) is 11.5 Å². The molecule has 0 aliphatic heterocycles. The van der Waals surface area contributed by atoms with Gasteiger partial charge >= 0.3 is 0 Å². The van der Waals surface area contributed by atoms with Crippen molar-refractivity contribution in [1.29, 1.82) is 0 Å². The molecule has 3 heteroatoms. The number of fused-ring (bicyclic) bond motifs is 1. The van der Waals surface area contributed by atoms with E-state index >= 15 is 0 Å². The van der Waals surface area contributed by atoms with Crippen LogP contribution in [0.25, 0.3) is 10.8 Å². The molecule has 1 aromatic carbocycles. The van der Waals surface area contributed by atoms with E-state index in [-0.39, 0.29) is 5.82 Å². The second-order valence-electron chi connectivity index (χ2n) is 3.87. The van der Waals surface area contributed by atoms with Crippen LogP contribution in [0.1, 0.15) is 18.9 Å². The van der Waals surface area contributed by atoms with Crippen LogP contribution in [0.15, 0.2) is 24.4 Å². The Kier molecular flexibility index (Phi) is 3.04. The lowest BCUT2D eigenvalue weighted by Crippen LogP contribution is -2.03. The summed E-state index contributed by atoms with van der Waals surface area (Å²) in [6.45, 7) is 4.91. The van der Waals surface area contributed by atoms with E-state index in [9.17, 15) is 4.39 Å². The Balaban J connectivity index is 2.61. The van der Waals surface area contributed by atoms with Gasteiger partial charge in [0.2, 0.25) is 0 Å². The van der Waals surface area contributed by atoms with Gasteiger partial charge in [0.05, 0.1) is 0 Å². The van der Waals surface area contributed by atoms with Crippen molar-refractivity contribution in [2.24, 2.45) is 0 Å². The normalized spacial score (nSPS) is 10.7. The van der Waals surface area contributed by atoms with Crippen molar-refractivity contribution in [3.05, 3.63) is 35.8 Å². The first kappa shape index (κ1) is 10.9. The van der Waals surface area contributed by atoms with E-state index in [2.05, 4.69) is 17.2 Å². The second kappa shape index (κ2) is 4.47. The fraction of sp³-hybridized carbons (Fsp3) is 0.308. The van der Waals surface area contributed by atoms with Gasteiger partial charge in [0.1, 0.15) is 11.6 Å². The Hall–Kier alpha value is -1.64.